The summed E-state index contributed by atoms with van der Waals surface area (Å²) in [5.74, 6) is 0. The summed E-state index contributed by atoms with van der Waals surface area (Å²) in [6.07, 6.45) is 2.07. The molecule has 1 fully saturated rings. The van der Waals surface area contributed by atoms with Crippen LogP contribution in [0.25, 0.3) is 0 Å². The molecule has 1 aliphatic carbocycles. The second-order valence-corrected chi connectivity index (χ2v) is 5.33. The predicted molar refractivity (Wildman–Crippen MR) is 57.6 cm³/mol. The van der Waals surface area contributed by atoms with Gasteiger partial charge >= 0.3 is 6.09 Å². The molecular weight excluding hydrogens is 194 g/mol. The zero-order valence-electron chi connectivity index (χ0n) is 9.96. The molecule has 1 aliphatic rings. The van der Waals surface area contributed by atoms with E-state index >= 15 is 0 Å². The quantitative estimate of drug-likeness (QED) is 0.738. The molecule has 0 aromatic rings. The van der Waals surface area contributed by atoms with E-state index in [0.717, 1.165) is 19.3 Å². The van der Waals surface area contributed by atoms with Crippen molar-refractivity contribution in [2.45, 2.75) is 64.2 Å². The monoisotopic (exact) mass is 215 g/mol. The fourth-order valence-electron chi connectivity index (χ4n) is 1.59. The Morgan fingerprint density at radius 3 is 2.33 bits per heavy atom. The lowest BCUT2D eigenvalue weighted by Gasteiger charge is -2.41. The number of hydrogen-bond donors (Lipinski definition) is 2. The van der Waals surface area contributed by atoms with Crippen LogP contribution < -0.4 is 5.32 Å². The average Bonchev–Trinajstić information content (AvgIpc) is 1.95. The zero-order valence-corrected chi connectivity index (χ0v) is 9.96. The first-order valence-electron chi connectivity index (χ1n) is 5.45. The lowest BCUT2D eigenvalue weighted by Crippen LogP contribution is -2.55. The number of nitrogens with one attached hydrogen (secondary N) is 1. The molecule has 1 saturated carbocycles. The highest BCUT2D eigenvalue weighted by Crippen LogP contribution is 2.34. The third-order valence-electron chi connectivity index (χ3n) is 2.76. The van der Waals surface area contributed by atoms with E-state index in [1.807, 2.05) is 27.7 Å². The Morgan fingerprint density at radius 2 is 2.00 bits per heavy atom. The van der Waals surface area contributed by atoms with Crippen LogP contribution in [0.4, 0.5) is 4.79 Å². The van der Waals surface area contributed by atoms with Crippen LogP contribution in [-0.2, 0) is 4.74 Å². The summed E-state index contributed by atoms with van der Waals surface area (Å²) in [7, 11) is 0. The van der Waals surface area contributed by atoms with Crippen molar-refractivity contribution in [1.29, 1.82) is 0 Å². The first-order chi connectivity index (χ1) is 6.73. The molecule has 4 heteroatoms. The van der Waals surface area contributed by atoms with E-state index in [1.54, 1.807) is 0 Å². The highest BCUT2D eigenvalue weighted by atomic mass is 16.6. The SMILES string of the molecule is CC(NC(=O)OC(C)(C)C)C1(O)CCC1. The summed E-state index contributed by atoms with van der Waals surface area (Å²) in [5.41, 5.74) is -1.22. The summed E-state index contributed by atoms with van der Waals surface area (Å²) in [4.78, 5) is 11.4. The Bertz CT molecular complexity index is 241. The lowest BCUT2D eigenvalue weighted by molar-refractivity contribution is -0.0614. The van der Waals surface area contributed by atoms with Crippen molar-refractivity contribution in [2.24, 2.45) is 0 Å². The average molecular weight is 215 g/mol. The van der Waals surface area contributed by atoms with Gasteiger partial charge in [-0.25, -0.2) is 4.79 Å². The number of aliphatic hydroxyl groups is 1. The van der Waals surface area contributed by atoms with Crippen LogP contribution in [-0.4, -0.2) is 28.4 Å². The topological polar surface area (TPSA) is 58.6 Å². The Morgan fingerprint density at radius 1 is 1.47 bits per heavy atom. The predicted octanol–water partition coefficient (Wildman–Crippen LogP) is 1.81. The Hall–Kier alpha value is -0.770. The smallest absolute Gasteiger partial charge is 0.407 e. The van der Waals surface area contributed by atoms with Gasteiger partial charge in [0.2, 0.25) is 0 Å². The van der Waals surface area contributed by atoms with Crippen molar-refractivity contribution < 1.29 is 14.6 Å². The highest BCUT2D eigenvalue weighted by molar-refractivity contribution is 5.68. The standard InChI is InChI=1S/C11H21NO3/c1-8(11(14)6-5-7-11)12-9(13)15-10(2,3)4/h8,14H,5-7H2,1-4H3,(H,12,13). The van der Waals surface area contributed by atoms with Gasteiger partial charge in [0, 0.05) is 0 Å². The normalized spacial score (nSPS) is 21.4. The van der Waals surface area contributed by atoms with Crippen molar-refractivity contribution in [3.8, 4) is 0 Å². The van der Waals surface area contributed by atoms with Gasteiger partial charge in [-0.1, -0.05) is 0 Å². The van der Waals surface area contributed by atoms with Crippen LogP contribution in [0.3, 0.4) is 0 Å². The Kier molecular flexibility index (Phi) is 3.28. The third-order valence-corrected chi connectivity index (χ3v) is 2.76. The van der Waals surface area contributed by atoms with E-state index in [9.17, 15) is 9.90 Å². The molecular formula is C11H21NO3. The molecule has 0 heterocycles. The number of alkyl carbamates (subject to hydrolysis) is 1. The lowest BCUT2D eigenvalue weighted by atomic mass is 9.75. The number of amides is 1. The summed E-state index contributed by atoms with van der Waals surface area (Å²) in [6.45, 7) is 7.25. The van der Waals surface area contributed by atoms with Gasteiger partial charge in [0.1, 0.15) is 5.60 Å². The van der Waals surface area contributed by atoms with Crippen molar-refractivity contribution in [3.05, 3.63) is 0 Å². The number of carbonyl (C=O) groups is 1. The second kappa shape index (κ2) is 4.00. The fourth-order valence-corrected chi connectivity index (χ4v) is 1.59. The number of hydrogen-bond acceptors (Lipinski definition) is 3. The maximum absolute atomic E-state index is 11.4. The van der Waals surface area contributed by atoms with E-state index in [2.05, 4.69) is 5.32 Å². The summed E-state index contributed by atoms with van der Waals surface area (Å²) >= 11 is 0. The first-order valence-corrected chi connectivity index (χ1v) is 5.45. The van der Waals surface area contributed by atoms with E-state index in [1.165, 1.54) is 0 Å². The van der Waals surface area contributed by atoms with Crippen molar-refractivity contribution >= 4 is 6.09 Å². The largest absolute Gasteiger partial charge is 0.444 e. The van der Waals surface area contributed by atoms with Gasteiger partial charge < -0.3 is 15.2 Å². The van der Waals surface area contributed by atoms with Crippen molar-refractivity contribution in [3.63, 3.8) is 0 Å². The summed E-state index contributed by atoms with van der Waals surface area (Å²) in [6, 6.07) is -0.249. The minimum atomic E-state index is -0.725. The molecule has 0 aromatic heterocycles. The molecule has 1 rings (SSSR count). The maximum atomic E-state index is 11.4. The summed E-state index contributed by atoms with van der Waals surface area (Å²) < 4.78 is 5.11. The van der Waals surface area contributed by atoms with Gasteiger partial charge in [0.25, 0.3) is 0 Å². The zero-order chi connectivity index (χ0) is 11.7. The number of rotatable bonds is 2. The van der Waals surface area contributed by atoms with Crippen LogP contribution in [0, 0.1) is 0 Å². The van der Waals surface area contributed by atoms with Gasteiger partial charge in [0.05, 0.1) is 11.6 Å². The molecule has 2 N–H and O–H groups in total. The molecule has 4 nitrogen and oxygen atoms in total. The molecule has 1 atom stereocenters. The van der Waals surface area contributed by atoms with Crippen LogP contribution >= 0.6 is 0 Å². The molecule has 0 saturated heterocycles. The molecule has 1 unspecified atom stereocenters. The van der Waals surface area contributed by atoms with E-state index in [-0.39, 0.29) is 6.04 Å². The minimum absolute atomic E-state index is 0.249. The fraction of sp³-hybridized carbons (Fsp3) is 0.909. The van der Waals surface area contributed by atoms with Gasteiger partial charge in [-0.2, -0.15) is 0 Å². The minimum Gasteiger partial charge on any atom is -0.444 e. The van der Waals surface area contributed by atoms with Crippen LogP contribution in [0.1, 0.15) is 47.0 Å². The van der Waals surface area contributed by atoms with Gasteiger partial charge in [-0.05, 0) is 47.0 Å². The van der Waals surface area contributed by atoms with Crippen molar-refractivity contribution in [1.82, 2.24) is 5.32 Å². The van der Waals surface area contributed by atoms with Crippen LogP contribution in [0.5, 0.6) is 0 Å². The molecule has 0 aromatic carbocycles. The maximum Gasteiger partial charge on any atom is 0.407 e. The summed E-state index contributed by atoms with van der Waals surface area (Å²) in [5, 5.41) is 12.6. The molecule has 88 valence electrons. The molecule has 15 heavy (non-hydrogen) atoms. The van der Waals surface area contributed by atoms with Gasteiger partial charge in [0.15, 0.2) is 0 Å². The molecule has 0 spiro atoms. The first kappa shape index (κ1) is 12.3. The highest BCUT2D eigenvalue weighted by Gasteiger charge is 2.40. The van der Waals surface area contributed by atoms with Crippen molar-refractivity contribution in [2.75, 3.05) is 0 Å². The molecule has 0 bridgehead atoms. The Labute approximate surface area is 91.0 Å². The van der Waals surface area contributed by atoms with E-state index in [4.69, 9.17) is 4.74 Å². The van der Waals surface area contributed by atoms with Gasteiger partial charge in [-0.15, -0.1) is 0 Å². The van der Waals surface area contributed by atoms with Crippen LogP contribution in [0.15, 0.2) is 0 Å². The molecule has 0 aliphatic heterocycles. The van der Waals surface area contributed by atoms with Gasteiger partial charge in [-0.3, -0.25) is 0 Å². The van der Waals surface area contributed by atoms with Crippen LogP contribution in [0.2, 0.25) is 0 Å². The molecule has 1 amide bonds. The van der Waals surface area contributed by atoms with E-state index in [0.29, 0.717) is 0 Å². The number of carbonyl (C=O) groups excluding carboxylic acids is 1. The Balaban J connectivity index is 2.38. The third kappa shape index (κ3) is 3.38. The number of ether oxygens (including phenoxy) is 1. The molecule has 0 radical (unpaired) electrons. The van der Waals surface area contributed by atoms with E-state index < -0.39 is 17.3 Å². The second-order valence-electron chi connectivity index (χ2n) is 5.33.